The van der Waals surface area contributed by atoms with E-state index in [1.807, 2.05) is 18.2 Å². The van der Waals surface area contributed by atoms with Crippen molar-refractivity contribution in [1.82, 2.24) is 15.5 Å². The first-order valence-electron chi connectivity index (χ1n) is 11.8. The Morgan fingerprint density at radius 2 is 1.90 bits per heavy atom. The fraction of sp³-hybridized carbons (Fsp3) is 0.667. The molecule has 1 atom stereocenters. The molecular weight excluding hydrogens is 503 g/mol. The van der Waals surface area contributed by atoms with Crippen molar-refractivity contribution < 1.29 is 9.53 Å². The largest absolute Gasteiger partial charge is 0.490 e. The lowest BCUT2D eigenvalue weighted by molar-refractivity contribution is -0.134. The van der Waals surface area contributed by atoms with E-state index in [1.165, 1.54) is 19.3 Å². The van der Waals surface area contributed by atoms with Crippen LogP contribution in [0.5, 0.6) is 5.75 Å². The van der Waals surface area contributed by atoms with Gasteiger partial charge in [-0.05, 0) is 51.5 Å². The number of para-hydroxylation sites is 1. The summed E-state index contributed by atoms with van der Waals surface area (Å²) in [5.41, 5.74) is 1.12. The van der Waals surface area contributed by atoms with Gasteiger partial charge in [-0.3, -0.25) is 4.79 Å². The van der Waals surface area contributed by atoms with E-state index in [0.717, 1.165) is 69.0 Å². The van der Waals surface area contributed by atoms with E-state index in [9.17, 15) is 4.79 Å². The predicted octanol–water partition coefficient (Wildman–Crippen LogP) is 4.08. The Morgan fingerprint density at radius 3 is 2.61 bits per heavy atom. The Morgan fingerprint density at radius 1 is 1.13 bits per heavy atom. The molecule has 7 heteroatoms. The topological polar surface area (TPSA) is 66.0 Å². The molecule has 0 aromatic heterocycles. The number of amides is 1. The maximum absolute atomic E-state index is 12.7. The molecule has 1 aliphatic heterocycles. The molecule has 0 spiro atoms. The summed E-state index contributed by atoms with van der Waals surface area (Å²) in [5, 5.41) is 6.91. The van der Waals surface area contributed by atoms with Crippen LogP contribution in [0.4, 0.5) is 0 Å². The van der Waals surface area contributed by atoms with Gasteiger partial charge in [0, 0.05) is 37.2 Å². The number of carbonyl (C=O) groups excluding carboxylic acids is 1. The normalized spacial score (nSPS) is 22.0. The lowest BCUT2D eigenvalue weighted by Crippen LogP contribution is -2.45. The second-order valence-corrected chi connectivity index (χ2v) is 8.87. The maximum atomic E-state index is 12.7. The Balaban J connectivity index is 0.00000272. The number of nitrogens with zero attached hydrogens (tertiary/aromatic N) is 2. The second kappa shape index (κ2) is 11.9. The smallest absolute Gasteiger partial charge is 0.225 e. The molecule has 1 aromatic carbocycles. The summed E-state index contributed by atoms with van der Waals surface area (Å²) in [6.45, 7) is 5.10. The van der Waals surface area contributed by atoms with Gasteiger partial charge in [0.05, 0.1) is 12.6 Å². The highest BCUT2D eigenvalue weighted by molar-refractivity contribution is 14.0. The molecule has 0 radical (unpaired) electrons. The van der Waals surface area contributed by atoms with Crippen LogP contribution in [0.25, 0.3) is 0 Å². The molecule has 1 heterocycles. The van der Waals surface area contributed by atoms with Crippen molar-refractivity contribution in [1.29, 1.82) is 0 Å². The van der Waals surface area contributed by atoms with Crippen LogP contribution in [0.3, 0.4) is 0 Å². The highest BCUT2D eigenvalue weighted by Crippen LogP contribution is 2.29. The first-order chi connectivity index (χ1) is 14.7. The summed E-state index contributed by atoms with van der Waals surface area (Å²) in [6.07, 6.45) is 9.46. The number of aliphatic imine (C=N–C) groups is 1. The van der Waals surface area contributed by atoms with Gasteiger partial charge in [0.1, 0.15) is 5.75 Å². The fourth-order valence-corrected chi connectivity index (χ4v) is 4.60. The number of nitrogens with one attached hydrogen (secondary N) is 2. The SMILES string of the molecule is CCNC(=NCc1ccccc1OC1CCC1)NC1CCN(C(=O)C2CCCC2)C1.I. The van der Waals surface area contributed by atoms with Crippen LogP contribution in [0, 0.1) is 5.92 Å². The zero-order chi connectivity index (χ0) is 20.8. The number of ether oxygens (including phenoxy) is 1. The zero-order valence-corrected chi connectivity index (χ0v) is 21.0. The molecule has 3 aliphatic rings. The van der Waals surface area contributed by atoms with Crippen molar-refractivity contribution in [2.45, 2.75) is 77.0 Å². The van der Waals surface area contributed by atoms with Gasteiger partial charge in [-0.15, -0.1) is 24.0 Å². The first-order valence-corrected chi connectivity index (χ1v) is 11.8. The second-order valence-electron chi connectivity index (χ2n) is 8.87. The number of halogens is 1. The highest BCUT2D eigenvalue weighted by atomic mass is 127. The van der Waals surface area contributed by atoms with Gasteiger partial charge >= 0.3 is 0 Å². The van der Waals surface area contributed by atoms with E-state index < -0.39 is 0 Å². The van der Waals surface area contributed by atoms with E-state index in [2.05, 4.69) is 28.5 Å². The third-order valence-electron chi connectivity index (χ3n) is 6.62. The molecule has 1 amide bonds. The zero-order valence-electron chi connectivity index (χ0n) is 18.6. The Labute approximate surface area is 203 Å². The van der Waals surface area contributed by atoms with Crippen LogP contribution in [0.15, 0.2) is 29.3 Å². The third kappa shape index (κ3) is 6.49. The first kappa shape index (κ1) is 24.1. The molecule has 2 saturated carbocycles. The van der Waals surface area contributed by atoms with Crippen LogP contribution in [-0.2, 0) is 11.3 Å². The van der Waals surface area contributed by atoms with Crippen LogP contribution >= 0.6 is 24.0 Å². The lowest BCUT2D eigenvalue weighted by Gasteiger charge is -2.27. The van der Waals surface area contributed by atoms with Gasteiger partial charge in [-0.2, -0.15) is 0 Å². The average Bonchev–Trinajstić information content (AvgIpc) is 3.41. The number of benzene rings is 1. The summed E-state index contributed by atoms with van der Waals surface area (Å²) < 4.78 is 6.14. The van der Waals surface area contributed by atoms with E-state index in [1.54, 1.807) is 0 Å². The van der Waals surface area contributed by atoms with Gasteiger partial charge in [-0.25, -0.2) is 4.99 Å². The maximum Gasteiger partial charge on any atom is 0.225 e. The molecule has 3 fully saturated rings. The van der Waals surface area contributed by atoms with Crippen molar-refractivity contribution >= 4 is 35.8 Å². The van der Waals surface area contributed by atoms with Crippen molar-refractivity contribution in [3.8, 4) is 5.75 Å². The molecule has 0 bridgehead atoms. The summed E-state index contributed by atoms with van der Waals surface area (Å²) >= 11 is 0. The predicted molar refractivity (Wildman–Crippen MR) is 135 cm³/mol. The highest BCUT2D eigenvalue weighted by Gasteiger charge is 2.32. The Hall–Kier alpha value is -1.51. The molecular formula is C24H37IN4O2. The van der Waals surface area contributed by atoms with Crippen molar-refractivity contribution in [3.05, 3.63) is 29.8 Å². The number of hydrogen-bond acceptors (Lipinski definition) is 3. The molecule has 6 nitrogen and oxygen atoms in total. The number of guanidine groups is 1. The minimum absolute atomic E-state index is 0. The van der Waals surface area contributed by atoms with Crippen molar-refractivity contribution in [2.24, 2.45) is 10.9 Å². The monoisotopic (exact) mass is 540 g/mol. The molecule has 31 heavy (non-hydrogen) atoms. The number of likely N-dealkylation sites (tertiary alicyclic amines) is 1. The Kier molecular flexibility index (Phi) is 9.29. The summed E-state index contributed by atoms with van der Waals surface area (Å²) in [4.78, 5) is 19.6. The molecule has 172 valence electrons. The fourth-order valence-electron chi connectivity index (χ4n) is 4.60. The van der Waals surface area contributed by atoms with Crippen molar-refractivity contribution in [3.63, 3.8) is 0 Å². The summed E-state index contributed by atoms with van der Waals surface area (Å²) in [6, 6.07) is 8.47. The summed E-state index contributed by atoms with van der Waals surface area (Å²) in [5.74, 6) is 2.39. The standard InChI is InChI=1S/C24H36N4O2.HI/c1-2-25-24(26-16-19-10-5-6-13-22(19)30-21-11-7-12-21)27-20-14-15-28(17-20)23(29)18-8-3-4-9-18;/h5-6,10,13,18,20-21H,2-4,7-9,11-12,14-17H2,1H3,(H2,25,26,27);1H. The number of hydrogen-bond donors (Lipinski definition) is 2. The molecule has 1 aromatic rings. The van der Waals surface area contributed by atoms with E-state index in [4.69, 9.17) is 9.73 Å². The molecule has 2 aliphatic carbocycles. The molecule has 1 saturated heterocycles. The van der Waals surface area contributed by atoms with Gasteiger partial charge in [0.2, 0.25) is 5.91 Å². The van der Waals surface area contributed by atoms with Gasteiger partial charge < -0.3 is 20.3 Å². The summed E-state index contributed by atoms with van der Waals surface area (Å²) in [7, 11) is 0. The van der Waals surface area contributed by atoms with Crippen LogP contribution in [0.1, 0.15) is 63.9 Å². The Bertz CT molecular complexity index is 747. The minimum Gasteiger partial charge on any atom is -0.490 e. The minimum atomic E-state index is 0. The van der Waals surface area contributed by atoms with E-state index in [0.29, 0.717) is 18.6 Å². The molecule has 2 N–H and O–H groups in total. The van der Waals surface area contributed by atoms with Crippen molar-refractivity contribution in [2.75, 3.05) is 19.6 Å². The van der Waals surface area contributed by atoms with Gasteiger partial charge in [0.15, 0.2) is 5.96 Å². The van der Waals surface area contributed by atoms with Crippen LogP contribution in [0.2, 0.25) is 0 Å². The van der Waals surface area contributed by atoms with Crippen LogP contribution in [-0.4, -0.2) is 48.5 Å². The third-order valence-corrected chi connectivity index (χ3v) is 6.62. The quantitative estimate of drug-likeness (QED) is 0.311. The molecule has 1 unspecified atom stereocenters. The van der Waals surface area contributed by atoms with Gasteiger partial charge in [-0.1, -0.05) is 31.0 Å². The van der Waals surface area contributed by atoms with E-state index in [-0.39, 0.29) is 35.9 Å². The van der Waals surface area contributed by atoms with E-state index >= 15 is 0 Å². The van der Waals surface area contributed by atoms with Crippen LogP contribution < -0.4 is 15.4 Å². The molecule has 4 rings (SSSR count). The van der Waals surface area contributed by atoms with Gasteiger partial charge in [0.25, 0.3) is 0 Å². The average molecular weight is 540 g/mol. The lowest BCUT2D eigenvalue weighted by atomic mass is 9.96. The number of carbonyl (C=O) groups is 1. The number of rotatable bonds is 7.